The molecule has 4 N–H and O–H groups in total. The Morgan fingerprint density at radius 1 is 1.15 bits per heavy atom. The highest BCUT2D eigenvalue weighted by molar-refractivity contribution is 6.43. The molecular weight excluding hydrogens is 497 g/mol. The number of carbonyl (C=O) groups is 2. The molecule has 212 valence electrons. The van der Waals surface area contributed by atoms with Crippen LogP contribution in [-0.4, -0.2) is 62.6 Å². The van der Waals surface area contributed by atoms with Gasteiger partial charge in [-0.3, -0.25) is 14.3 Å². The van der Waals surface area contributed by atoms with E-state index in [4.69, 9.17) is 4.84 Å². The molecule has 0 saturated heterocycles. The number of amides is 2. The lowest BCUT2D eigenvalue weighted by molar-refractivity contribution is -0.144. The highest BCUT2D eigenvalue weighted by Crippen LogP contribution is 2.30. The van der Waals surface area contributed by atoms with Crippen LogP contribution in [0.15, 0.2) is 41.6 Å². The van der Waals surface area contributed by atoms with Crippen molar-refractivity contribution < 1.29 is 24.5 Å². The first-order valence-electron chi connectivity index (χ1n) is 13.5. The molecule has 1 unspecified atom stereocenters. The van der Waals surface area contributed by atoms with Crippen molar-refractivity contribution in [3.05, 3.63) is 53.3 Å². The van der Waals surface area contributed by atoms with Crippen molar-refractivity contribution in [2.75, 3.05) is 6.54 Å². The van der Waals surface area contributed by atoms with E-state index in [-0.39, 0.29) is 42.7 Å². The van der Waals surface area contributed by atoms with Gasteiger partial charge in [0, 0.05) is 24.3 Å². The summed E-state index contributed by atoms with van der Waals surface area (Å²) in [5.41, 5.74) is 1.06. The van der Waals surface area contributed by atoms with Gasteiger partial charge in [0.2, 0.25) is 5.60 Å². The Kier molecular flexibility index (Phi) is 9.61. The first-order valence-corrected chi connectivity index (χ1v) is 13.5. The van der Waals surface area contributed by atoms with Crippen LogP contribution in [0.3, 0.4) is 0 Å². The zero-order valence-corrected chi connectivity index (χ0v) is 24.1. The summed E-state index contributed by atoms with van der Waals surface area (Å²) in [6.07, 6.45) is 0.751. The molecule has 1 aliphatic rings. The van der Waals surface area contributed by atoms with Gasteiger partial charge in [-0.2, -0.15) is 5.10 Å². The quantitative estimate of drug-likeness (QED) is 0.324. The Morgan fingerprint density at radius 3 is 2.38 bits per heavy atom. The standard InChI is InChI=1S/C28H42BN5O5/c1-18(2)13-24(29(37)38)31-26(36)28(15-20-11-9-8-10-12-20)16-21(33-39-28)17-30-25(35)22-14-23(27(5,6)7)32-34(22)19(3)4/h8-12,14,18-19,24,37-38H,13,15-17H2,1-7H3,(H,30,35)(H,31,36)/t24-,28?/m0/s1. The molecule has 39 heavy (non-hydrogen) atoms. The van der Waals surface area contributed by atoms with E-state index < -0.39 is 24.6 Å². The molecule has 2 aromatic rings. The first kappa shape index (κ1) is 30.4. The minimum absolute atomic E-state index is 0.00289. The molecule has 1 aromatic carbocycles. The summed E-state index contributed by atoms with van der Waals surface area (Å²) < 4.78 is 1.71. The third-order valence-corrected chi connectivity index (χ3v) is 6.67. The van der Waals surface area contributed by atoms with Gasteiger partial charge < -0.3 is 25.5 Å². The second kappa shape index (κ2) is 12.3. The Hall–Kier alpha value is -3.18. The van der Waals surface area contributed by atoms with Gasteiger partial charge in [0.1, 0.15) is 5.69 Å². The summed E-state index contributed by atoms with van der Waals surface area (Å²) in [4.78, 5) is 32.5. The fourth-order valence-corrected chi connectivity index (χ4v) is 4.52. The molecule has 2 amide bonds. The maximum Gasteiger partial charge on any atom is 0.475 e. The average molecular weight is 539 g/mol. The van der Waals surface area contributed by atoms with Crippen molar-refractivity contribution in [3.8, 4) is 0 Å². The number of hydrogen-bond acceptors (Lipinski definition) is 7. The van der Waals surface area contributed by atoms with Crippen LogP contribution < -0.4 is 10.6 Å². The molecule has 0 spiro atoms. The lowest BCUT2D eigenvalue weighted by atomic mass is 9.74. The second-order valence-corrected chi connectivity index (χ2v) is 12.1. The molecule has 2 atom stereocenters. The van der Waals surface area contributed by atoms with Crippen molar-refractivity contribution in [1.82, 2.24) is 20.4 Å². The summed E-state index contributed by atoms with van der Waals surface area (Å²) in [6, 6.07) is 11.2. The highest BCUT2D eigenvalue weighted by atomic mass is 16.7. The topological polar surface area (TPSA) is 138 Å². The monoisotopic (exact) mass is 539 g/mol. The molecule has 0 fully saturated rings. The molecule has 0 radical (unpaired) electrons. The number of nitrogens with zero attached hydrogens (tertiary/aromatic N) is 3. The van der Waals surface area contributed by atoms with Gasteiger partial charge in [0.05, 0.1) is 23.9 Å². The lowest BCUT2D eigenvalue weighted by Crippen LogP contribution is -2.56. The number of benzene rings is 1. The predicted octanol–water partition coefficient (Wildman–Crippen LogP) is 2.79. The van der Waals surface area contributed by atoms with Crippen LogP contribution in [0.4, 0.5) is 0 Å². The highest BCUT2D eigenvalue weighted by Gasteiger charge is 2.48. The number of carbonyl (C=O) groups excluding carboxylic acids is 2. The van der Waals surface area contributed by atoms with Crippen molar-refractivity contribution >= 4 is 24.6 Å². The van der Waals surface area contributed by atoms with Crippen LogP contribution in [-0.2, 0) is 21.5 Å². The summed E-state index contributed by atoms with van der Waals surface area (Å²) in [7, 11) is -1.71. The summed E-state index contributed by atoms with van der Waals surface area (Å²) >= 11 is 0. The van der Waals surface area contributed by atoms with Crippen LogP contribution in [0, 0.1) is 5.92 Å². The molecule has 0 bridgehead atoms. The normalized spacial score (nSPS) is 18.1. The zero-order chi connectivity index (χ0) is 29.0. The molecule has 11 heteroatoms. The van der Waals surface area contributed by atoms with Gasteiger partial charge in [-0.25, -0.2) is 0 Å². The molecule has 2 heterocycles. The van der Waals surface area contributed by atoms with Crippen LogP contribution >= 0.6 is 0 Å². The van der Waals surface area contributed by atoms with Crippen molar-refractivity contribution in [1.29, 1.82) is 0 Å². The lowest BCUT2D eigenvalue weighted by Gasteiger charge is -2.29. The maximum atomic E-state index is 13.6. The smallest absolute Gasteiger partial charge is 0.426 e. The van der Waals surface area contributed by atoms with Gasteiger partial charge in [-0.15, -0.1) is 0 Å². The zero-order valence-electron chi connectivity index (χ0n) is 24.1. The van der Waals surface area contributed by atoms with E-state index in [2.05, 4.69) is 20.9 Å². The van der Waals surface area contributed by atoms with Crippen LogP contribution in [0.25, 0.3) is 0 Å². The number of nitrogens with one attached hydrogen (secondary N) is 2. The molecule has 10 nitrogen and oxygen atoms in total. The van der Waals surface area contributed by atoms with E-state index in [1.165, 1.54) is 0 Å². The molecule has 0 saturated carbocycles. The molecule has 3 rings (SSSR count). The van der Waals surface area contributed by atoms with Crippen molar-refractivity contribution in [2.24, 2.45) is 11.1 Å². The van der Waals surface area contributed by atoms with Crippen molar-refractivity contribution in [3.63, 3.8) is 0 Å². The second-order valence-electron chi connectivity index (χ2n) is 12.1. The number of aromatic nitrogens is 2. The Bertz CT molecular complexity index is 1170. The number of oxime groups is 1. The molecule has 0 aliphatic carbocycles. The third kappa shape index (κ3) is 7.70. The number of hydrogen-bond donors (Lipinski definition) is 4. The fraction of sp³-hybridized carbons (Fsp3) is 0.571. The van der Waals surface area contributed by atoms with E-state index in [1.807, 2.05) is 84.9 Å². The molecule has 1 aliphatic heterocycles. The summed E-state index contributed by atoms with van der Waals surface area (Å²) in [5, 5.41) is 34.2. The number of rotatable bonds is 11. The Balaban J connectivity index is 1.77. The SMILES string of the molecule is CC(C)C[C@H](NC(=O)C1(Cc2ccccc2)CC(CNC(=O)c2cc(C(C)(C)C)nn2C(C)C)=NO1)B(O)O. The first-order chi connectivity index (χ1) is 18.2. The summed E-state index contributed by atoms with van der Waals surface area (Å²) in [6.45, 7) is 14.0. The van der Waals surface area contributed by atoms with Gasteiger partial charge in [-0.05, 0) is 37.8 Å². The van der Waals surface area contributed by atoms with Crippen LogP contribution in [0.2, 0.25) is 0 Å². The van der Waals surface area contributed by atoms with E-state index >= 15 is 0 Å². The van der Waals surface area contributed by atoms with Gasteiger partial charge >= 0.3 is 7.12 Å². The van der Waals surface area contributed by atoms with Crippen LogP contribution in [0.5, 0.6) is 0 Å². The van der Waals surface area contributed by atoms with E-state index in [0.717, 1.165) is 11.3 Å². The van der Waals surface area contributed by atoms with Crippen LogP contribution in [0.1, 0.15) is 89.1 Å². The van der Waals surface area contributed by atoms with Gasteiger partial charge in [0.25, 0.3) is 11.8 Å². The largest absolute Gasteiger partial charge is 0.475 e. The van der Waals surface area contributed by atoms with Gasteiger partial charge in [-0.1, -0.05) is 70.1 Å². The molecule has 1 aromatic heterocycles. The van der Waals surface area contributed by atoms with Crippen molar-refractivity contribution in [2.45, 2.75) is 90.7 Å². The Labute approximate surface area is 231 Å². The van der Waals surface area contributed by atoms with E-state index in [0.29, 0.717) is 17.8 Å². The predicted molar refractivity (Wildman–Crippen MR) is 151 cm³/mol. The fourth-order valence-electron chi connectivity index (χ4n) is 4.52. The minimum Gasteiger partial charge on any atom is -0.426 e. The van der Waals surface area contributed by atoms with E-state index in [9.17, 15) is 19.6 Å². The summed E-state index contributed by atoms with van der Waals surface area (Å²) in [5.74, 6) is -1.50. The Morgan fingerprint density at radius 2 is 1.82 bits per heavy atom. The molecular formula is C28H42BN5O5. The van der Waals surface area contributed by atoms with E-state index in [1.54, 1.807) is 4.68 Å². The van der Waals surface area contributed by atoms with Gasteiger partial charge in [0.15, 0.2) is 0 Å². The average Bonchev–Trinajstić information content (AvgIpc) is 3.48. The third-order valence-electron chi connectivity index (χ3n) is 6.67. The maximum absolute atomic E-state index is 13.6. The minimum atomic E-state index is -1.71.